The molecular formula is C16H15N5OS. The molecule has 0 aromatic carbocycles. The van der Waals surface area contributed by atoms with E-state index in [0.29, 0.717) is 5.88 Å². The average molecular weight is 325 g/mol. The monoisotopic (exact) mass is 325 g/mol. The maximum atomic E-state index is 5.33. The highest BCUT2D eigenvalue weighted by molar-refractivity contribution is 7.17. The smallest absolute Gasteiger partial charge is 0.267 e. The minimum Gasteiger partial charge on any atom is -0.335 e. The number of pyridine rings is 1. The average Bonchev–Trinajstić information content (AvgIpc) is 2.97. The number of thiazole rings is 1. The van der Waals surface area contributed by atoms with E-state index >= 15 is 0 Å². The summed E-state index contributed by atoms with van der Waals surface area (Å²) < 4.78 is 0. The topological polar surface area (TPSA) is 73.2 Å². The van der Waals surface area contributed by atoms with E-state index in [4.69, 9.17) is 4.84 Å². The highest BCUT2D eigenvalue weighted by Crippen LogP contribution is 2.27. The second kappa shape index (κ2) is 6.62. The van der Waals surface area contributed by atoms with Gasteiger partial charge in [0.2, 0.25) is 0 Å². The molecule has 0 saturated carbocycles. The van der Waals surface area contributed by atoms with Gasteiger partial charge in [-0.2, -0.15) is 5.10 Å². The van der Waals surface area contributed by atoms with Gasteiger partial charge in [0.1, 0.15) is 5.01 Å². The maximum absolute atomic E-state index is 5.33. The molecule has 0 aliphatic carbocycles. The molecule has 116 valence electrons. The molecule has 0 atom stereocenters. The molecule has 3 rings (SSSR count). The van der Waals surface area contributed by atoms with Crippen LogP contribution in [0.1, 0.15) is 23.2 Å². The number of aromatic nitrogens is 4. The van der Waals surface area contributed by atoms with Crippen LogP contribution in [0.15, 0.2) is 41.8 Å². The van der Waals surface area contributed by atoms with Gasteiger partial charge in [-0.15, -0.1) is 16.4 Å². The third-order valence-electron chi connectivity index (χ3n) is 3.08. The maximum Gasteiger partial charge on any atom is 0.267 e. The summed E-state index contributed by atoms with van der Waals surface area (Å²) in [6.07, 6.45) is 3.54. The summed E-state index contributed by atoms with van der Waals surface area (Å²) in [5, 5.41) is 12.9. The van der Waals surface area contributed by atoms with Crippen molar-refractivity contribution in [3.05, 3.63) is 52.9 Å². The van der Waals surface area contributed by atoms with Crippen molar-refractivity contribution in [2.45, 2.75) is 20.8 Å². The molecule has 0 aliphatic rings. The summed E-state index contributed by atoms with van der Waals surface area (Å²) in [6.45, 7) is 5.71. The summed E-state index contributed by atoms with van der Waals surface area (Å²) in [7, 11) is 0. The van der Waals surface area contributed by atoms with Crippen molar-refractivity contribution < 1.29 is 4.84 Å². The lowest BCUT2D eigenvalue weighted by Crippen LogP contribution is -1.99. The van der Waals surface area contributed by atoms with Crippen LogP contribution >= 0.6 is 11.3 Å². The molecule has 0 aliphatic heterocycles. The van der Waals surface area contributed by atoms with Gasteiger partial charge in [-0.05, 0) is 39.0 Å². The minimum atomic E-state index is 0.365. The Morgan fingerprint density at radius 2 is 2.04 bits per heavy atom. The molecular weight excluding hydrogens is 310 g/mol. The molecule has 3 aromatic heterocycles. The first-order chi connectivity index (χ1) is 11.1. The zero-order valence-electron chi connectivity index (χ0n) is 13.0. The van der Waals surface area contributed by atoms with Gasteiger partial charge < -0.3 is 4.84 Å². The van der Waals surface area contributed by atoms with Crippen molar-refractivity contribution in [2.24, 2.45) is 5.16 Å². The van der Waals surface area contributed by atoms with Crippen molar-refractivity contribution >= 4 is 17.0 Å². The molecule has 0 amide bonds. The number of nitrogens with zero attached hydrogens (tertiary/aromatic N) is 5. The van der Waals surface area contributed by atoms with E-state index in [1.807, 2.05) is 39.0 Å². The largest absolute Gasteiger partial charge is 0.335 e. The number of oxime groups is 1. The van der Waals surface area contributed by atoms with Crippen LogP contribution in [0.3, 0.4) is 0 Å². The van der Waals surface area contributed by atoms with E-state index in [1.54, 1.807) is 29.8 Å². The molecule has 0 bridgehead atoms. The summed E-state index contributed by atoms with van der Waals surface area (Å²) in [5.41, 5.74) is 3.48. The predicted molar refractivity (Wildman–Crippen MR) is 89.7 cm³/mol. The Bertz CT molecular complexity index is 827. The molecule has 7 heteroatoms. The molecule has 0 saturated heterocycles. The van der Waals surface area contributed by atoms with Crippen LogP contribution in [-0.2, 0) is 0 Å². The summed E-state index contributed by atoms with van der Waals surface area (Å²) in [6, 6.07) is 7.44. The fourth-order valence-electron chi connectivity index (χ4n) is 1.94. The van der Waals surface area contributed by atoms with Crippen molar-refractivity contribution in [3.8, 4) is 16.5 Å². The molecule has 0 spiro atoms. The molecule has 3 heterocycles. The summed E-state index contributed by atoms with van der Waals surface area (Å²) >= 11 is 1.56. The van der Waals surface area contributed by atoms with Crippen molar-refractivity contribution in [3.63, 3.8) is 0 Å². The van der Waals surface area contributed by atoms with Gasteiger partial charge in [0, 0.05) is 24.0 Å². The van der Waals surface area contributed by atoms with Gasteiger partial charge in [-0.3, -0.25) is 4.98 Å². The first-order valence-electron chi connectivity index (χ1n) is 7.03. The van der Waals surface area contributed by atoms with Crippen LogP contribution in [-0.4, -0.2) is 25.9 Å². The molecule has 3 aromatic rings. The van der Waals surface area contributed by atoms with E-state index < -0.39 is 0 Å². The van der Waals surface area contributed by atoms with Crippen molar-refractivity contribution in [1.82, 2.24) is 20.2 Å². The third-order valence-corrected chi connectivity index (χ3v) is 4.40. The zero-order valence-corrected chi connectivity index (χ0v) is 13.8. The summed E-state index contributed by atoms with van der Waals surface area (Å²) in [4.78, 5) is 15.0. The molecule has 23 heavy (non-hydrogen) atoms. The number of hydrogen-bond donors (Lipinski definition) is 0. The van der Waals surface area contributed by atoms with E-state index in [-0.39, 0.29) is 0 Å². The van der Waals surface area contributed by atoms with Crippen molar-refractivity contribution in [1.29, 1.82) is 0 Å². The lowest BCUT2D eigenvalue weighted by Gasteiger charge is -1.99. The first kappa shape index (κ1) is 15.2. The fraction of sp³-hybridized carbons (Fsp3) is 0.188. The Kier molecular flexibility index (Phi) is 4.38. The Morgan fingerprint density at radius 1 is 1.17 bits per heavy atom. The lowest BCUT2D eigenvalue weighted by atomic mass is 10.3. The van der Waals surface area contributed by atoms with Crippen LogP contribution in [0.25, 0.3) is 10.6 Å². The Morgan fingerprint density at radius 3 is 2.74 bits per heavy atom. The summed E-state index contributed by atoms with van der Waals surface area (Å²) in [5.74, 6) is 0.365. The van der Waals surface area contributed by atoms with Gasteiger partial charge in [0.25, 0.3) is 5.88 Å². The molecule has 0 radical (unpaired) electrons. The van der Waals surface area contributed by atoms with E-state index in [9.17, 15) is 0 Å². The van der Waals surface area contributed by atoms with Crippen LogP contribution < -0.4 is 4.84 Å². The van der Waals surface area contributed by atoms with Crippen LogP contribution in [0.5, 0.6) is 5.88 Å². The predicted octanol–water partition coefficient (Wildman–Crippen LogP) is 3.41. The van der Waals surface area contributed by atoms with E-state index in [0.717, 1.165) is 32.5 Å². The number of hydrogen-bond acceptors (Lipinski definition) is 7. The van der Waals surface area contributed by atoms with Gasteiger partial charge in [-0.25, -0.2) is 4.98 Å². The molecule has 0 fully saturated rings. The Balaban J connectivity index is 1.82. The second-order valence-electron chi connectivity index (χ2n) is 4.96. The minimum absolute atomic E-state index is 0.365. The quantitative estimate of drug-likeness (QED) is 0.543. The van der Waals surface area contributed by atoms with Gasteiger partial charge in [-0.1, -0.05) is 5.16 Å². The SMILES string of the molecule is CC(=NOc1ccc(C)nn1)c1sc(-c2cccnc2)nc1C. The van der Waals surface area contributed by atoms with E-state index in [1.165, 1.54) is 0 Å². The van der Waals surface area contributed by atoms with Crippen LogP contribution in [0.4, 0.5) is 0 Å². The van der Waals surface area contributed by atoms with Crippen LogP contribution in [0.2, 0.25) is 0 Å². The zero-order chi connectivity index (χ0) is 16.2. The Hall–Kier alpha value is -2.67. The normalized spacial score (nSPS) is 11.5. The highest BCUT2D eigenvalue weighted by Gasteiger charge is 2.12. The standard InChI is InChI=1S/C16H15N5OS/c1-10-6-7-14(20-19-10)22-21-12(3)15-11(2)18-16(23-15)13-5-4-8-17-9-13/h4-9H,1-3H3. The van der Waals surface area contributed by atoms with E-state index in [2.05, 4.69) is 25.3 Å². The first-order valence-corrected chi connectivity index (χ1v) is 7.85. The van der Waals surface area contributed by atoms with Gasteiger partial charge in [0.05, 0.1) is 22.0 Å². The Labute approximate surface area is 137 Å². The fourth-order valence-corrected chi connectivity index (χ4v) is 2.93. The lowest BCUT2D eigenvalue weighted by molar-refractivity contribution is 0.323. The highest BCUT2D eigenvalue weighted by atomic mass is 32.1. The second-order valence-corrected chi connectivity index (χ2v) is 5.96. The van der Waals surface area contributed by atoms with Crippen molar-refractivity contribution in [2.75, 3.05) is 0 Å². The van der Waals surface area contributed by atoms with Gasteiger partial charge in [0.15, 0.2) is 0 Å². The number of rotatable bonds is 4. The van der Waals surface area contributed by atoms with Crippen LogP contribution in [0, 0.1) is 13.8 Å². The number of aryl methyl sites for hydroxylation is 2. The molecule has 0 unspecified atom stereocenters. The molecule has 0 N–H and O–H groups in total. The third kappa shape index (κ3) is 3.57. The molecule has 6 nitrogen and oxygen atoms in total. The van der Waals surface area contributed by atoms with Gasteiger partial charge >= 0.3 is 0 Å².